The van der Waals surface area contributed by atoms with Gasteiger partial charge in [-0.05, 0) is 11.1 Å². The van der Waals surface area contributed by atoms with Gasteiger partial charge in [-0.1, -0.05) is 43.5 Å². The molecule has 0 unspecified atom stereocenters. The highest BCUT2D eigenvalue weighted by Crippen LogP contribution is 2.09. The number of carbonyl (C=O) groups is 1. The Balaban J connectivity index is 0.00000289. The van der Waals surface area contributed by atoms with Gasteiger partial charge in [0.05, 0.1) is 20.6 Å². The summed E-state index contributed by atoms with van der Waals surface area (Å²) < 4.78 is 0.340. The van der Waals surface area contributed by atoms with Crippen molar-refractivity contribution in [1.82, 2.24) is 0 Å². The van der Waals surface area contributed by atoms with E-state index in [1.807, 2.05) is 32.3 Å². The Hall–Kier alpha value is -1.38. The van der Waals surface area contributed by atoms with Gasteiger partial charge in [0.15, 0.2) is 0 Å². The fraction of sp³-hybridized carbons (Fsp3) is 0.267. The van der Waals surface area contributed by atoms with Crippen LogP contribution in [0.2, 0.25) is 0 Å². The third kappa shape index (κ3) is 4.47. The van der Waals surface area contributed by atoms with Gasteiger partial charge in [-0.2, -0.15) is 0 Å². The Labute approximate surface area is 116 Å². The molecule has 1 aromatic carbocycles. The molecule has 0 aromatic heterocycles. The summed E-state index contributed by atoms with van der Waals surface area (Å²) in [6, 6.07) is 8.24. The second-order valence-electron chi connectivity index (χ2n) is 4.65. The minimum atomic E-state index is 0. The van der Waals surface area contributed by atoms with E-state index in [1.165, 1.54) is 11.6 Å². The lowest BCUT2D eigenvalue weighted by Crippen LogP contribution is -3.00. The van der Waals surface area contributed by atoms with Gasteiger partial charge in [0.2, 0.25) is 0 Å². The Morgan fingerprint density at radius 2 is 1.78 bits per heavy atom. The van der Waals surface area contributed by atoms with Crippen LogP contribution in [0.3, 0.4) is 0 Å². The highest BCUT2D eigenvalue weighted by Gasteiger charge is 2.22. The zero-order valence-corrected chi connectivity index (χ0v) is 11.8. The van der Waals surface area contributed by atoms with Gasteiger partial charge in [0.25, 0.3) is 0 Å². The lowest BCUT2D eigenvalue weighted by Gasteiger charge is -2.25. The molecule has 0 aliphatic rings. The lowest BCUT2D eigenvalue weighted by molar-refractivity contribution is -0.810. The first-order chi connectivity index (χ1) is 7.99. The van der Waals surface area contributed by atoms with Crippen LogP contribution in [0.15, 0.2) is 43.5 Å². The van der Waals surface area contributed by atoms with Crippen LogP contribution in [-0.2, 0) is 11.2 Å². The molecule has 0 aliphatic carbocycles. The van der Waals surface area contributed by atoms with Crippen LogP contribution in [-0.4, -0.2) is 31.0 Å². The molecule has 0 spiro atoms. The molecule has 1 amide bonds. The molecule has 98 valence electrons. The maximum atomic E-state index is 11.6. The van der Waals surface area contributed by atoms with Crippen LogP contribution >= 0.6 is 0 Å². The Bertz CT molecular complexity index is 421. The molecule has 0 radical (unpaired) electrons. The summed E-state index contributed by atoms with van der Waals surface area (Å²) in [6.45, 7) is 8.03. The van der Waals surface area contributed by atoms with Crippen LogP contribution in [0.4, 0.5) is 0 Å². The van der Waals surface area contributed by atoms with Crippen molar-refractivity contribution in [2.24, 2.45) is 0 Å². The maximum Gasteiger partial charge on any atom is 0.337 e. The van der Waals surface area contributed by atoms with E-state index in [9.17, 15) is 4.79 Å². The van der Waals surface area contributed by atoms with Crippen molar-refractivity contribution in [2.45, 2.75) is 6.42 Å². The Morgan fingerprint density at radius 1 is 1.22 bits per heavy atom. The molecule has 3 heteroatoms. The van der Waals surface area contributed by atoms with Crippen LogP contribution in [0, 0.1) is 0 Å². The van der Waals surface area contributed by atoms with Gasteiger partial charge in [-0.25, -0.2) is 4.79 Å². The first-order valence-electron chi connectivity index (χ1n) is 5.71. The van der Waals surface area contributed by atoms with E-state index in [0.717, 1.165) is 18.5 Å². The van der Waals surface area contributed by atoms with Crippen molar-refractivity contribution >= 4 is 12.0 Å². The van der Waals surface area contributed by atoms with Gasteiger partial charge in [-0.15, -0.1) is 0 Å². The van der Waals surface area contributed by atoms with Gasteiger partial charge in [0, 0.05) is 12.5 Å². The summed E-state index contributed by atoms with van der Waals surface area (Å²) in [4.78, 5) is 11.6. The van der Waals surface area contributed by atoms with Crippen LogP contribution in [0.5, 0.6) is 0 Å². The quantitative estimate of drug-likeness (QED) is 0.526. The molecule has 0 bridgehead atoms. The van der Waals surface area contributed by atoms with Crippen molar-refractivity contribution in [2.75, 3.05) is 20.6 Å². The standard InChI is InChI=1S/C15H20NO.ClH/c1-5-13-7-9-14(10-8-13)11-12-16(3,4)15(17)6-2;/h5-10H,1-2,11-12H2,3-4H3;1H/q+1;/p-1. The molecule has 0 fully saturated rings. The number of halogens is 1. The van der Waals surface area contributed by atoms with E-state index < -0.39 is 0 Å². The number of carbonyl (C=O) groups excluding carboxylic acids is 1. The second kappa shape index (κ2) is 7.14. The first-order valence-corrected chi connectivity index (χ1v) is 5.71. The molecule has 0 N–H and O–H groups in total. The number of quaternary nitrogens is 1. The molecule has 1 rings (SSSR count). The number of rotatable bonds is 5. The molecular weight excluding hydrogens is 246 g/mol. The largest absolute Gasteiger partial charge is 1.00 e. The predicted octanol–water partition coefficient (Wildman–Crippen LogP) is -0.335. The zero-order valence-electron chi connectivity index (χ0n) is 11.0. The number of hydrogen-bond donors (Lipinski definition) is 0. The smallest absolute Gasteiger partial charge is 0.337 e. The topological polar surface area (TPSA) is 17.1 Å². The molecule has 0 atom stereocenters. The second-order valence-corrected chi connectivity index (χ2v) is 4.65. The minimum Gasteiger partial charge on any atom is -1.00 e. The van der Waals surface area contributed by atoms with Crippen molar-refractivity contribution in [1.29, 1.82) is 0 Å². The van der Waals surface area contributed by atoms with E-state index in [4.69, 9.17) is 0 Å². The normalized spacial score (nSPS) is 10.3. The summed E-state index contributed by atoms with van der Waals surface area (Å²) in [6.07, 6.45) is 4.09. The fourth-order valence-corrected chi connectivity index (χ4v) is 1.59. The van der Waals surface area contributed by atoms with E-state index >= 15 is 0 Å². The fourth-order valence-electron chi connectivity index (χ4n) is 1.59. The molecular formula is C15H20ClNO. The first kappa shape index (κ1) is 16.6. The SMILES string of the molecule is C=CC(=O)[N+](C)(C)CCc1ccc(C=C)cc1.[Cl-]. The van der Waals surface area contributed by atoms with E-state index in [0.29, 0.717) is 4.48 Å². The van der Waals surface area contributed by atoms with Gasteiger partial charge in [0.1, 0.15) is 0 Å². The highest BCUT2D eigenvalue weighted by atomic mass is 35.5. The summed E-state index contributed by atoms with van der Waals surface area (Å²) in [7, 11) is 3.81. The number of benzene rings is 1. The summed E-state index contributed by atoms with van der Waals surface area (Å²) in [5, 5.41) is 0. The third-order valence-corrected chi connectivity index (χ3v) is 2.95. The molecule has 0 heterocycles. The lowest BCUT2D eigenvalue weighted by atomic mass is 10.1. The number of likely N-dealkylation sites (N-methyl/N-ethyl adjacent to an activating group) is 1. The average Bonchev–Trinajstić information content (AvgIpc) is 2.36. The van der Waals surface area contributed by atoms with Crippen molar-refractivity contribution in [3.8, 4) is 0 Å². The summed E-state index contributed by atoms with van der Waals surface area (Å²) in [5.74, 6) is 0.0488. The monoisotopic (exact) mass is 265 g/mol. The van der Waals surface area contributed by atoms with Crippen molar-refractivity contribution in [3.05, 3.63) is 54.6 Å². The molecule has 1 aromatic rings. The molecule has 0 saturated carbocycles. The third-order valence-electron chi connectivity index (χ3n) is 2.95. The summed E-state index contributed by atoms with van der Waals surface area (Å²) >= 11 is 0. The highest BCUT2D eigenvalue weighted by molar-refractivity contribution is 5.80. The van der Waals surface area contributed by atoms with Crippen LogP contribution in [0.25, 0.3) is 6.08 Å². The van der Waals surface area contributed by atoms with E-state index in [2.05, 4.69) is 25.3 Å². The van der Waals surface area contributed by atoms with Gasteiger partial charge < -0.3 is 12.4 Å². The van der Waals surface area contributed by atoms with E-state index in [1.54, 1.807) is 0 Å². The molecule has 2 nitrogen and oxygen atoms in total. The van der Waals surface area contributed by atoms with Crippen molar-refractivity contribution < 1.29 is 21.7 Å². The van der Waals surface area contributed by atoms with Gasteiger partial charge >= 0.3 is 5.91 Å². The number of nitrogens with zero attached hydrogens (tertiary/aromatic N) is 1. The Kier molecular flexibility index (Phi) is 6.60. The van der Waals surface area contributed by atoms with Crippen LogP contribution in [0.1, 0.15) is 11.1 Å². The maximum absolute atomic E-state index is 11.6. The van der Waals surface area contributed by atoms with Crippen molar-refractivity contribution in [3.63, 3.8) is 0 Å². The van der Waals surface area contributed by atoms with E-state index in [-0.39, 0.29) is 18.3 Å². The minimum absolute atomic E-state index is 0. The Morgan fingerprint density at radius 3 is 2.22 bits per heavy atom. The predicted molar refractivity (Wildman–Crippen MR) is 72.4 cm³/mol. The number of hydrogen-bond acceptors (Lipinski definition) is 1. The molecule has 18 heavy (non-hydrogen) atoms. The molecule has 0 saturated heterocycles. The molecule has 0 aliphatic heterocycles. The summed E-state index contributed by atoms with van der Waals surface area (Å²) in [5.41, 5.74) is 2.35. The number of amides is 1. The average molecular weight is 266 g/mol. The van der Waals surface area contributed by atoms with Crippen LogP contribution < -0.4 is 12.4 Å². The zero-order chi connectivity index (χ0) is 12.9. The van der Waals surface area contributed by atoms with Gasteiger partial charge in [-0.3, -0.25) is 4.48 Å².